The molecule has 1 aromatic heterocycles. The van der Waals surface area contributed by atoms with E-state index in [2.05, 4.69) is 10.3 Å². The summed E-state index contributed by atoms with van der Waals surface area (Å²) in [5.41, 5.74) is 3.29. The van der Waals surface area contributed by atoms with Crippen LogP contribution in [-0.2, 0) is 13.0 Å². The van der Waals surface area contributed by atoms with Crippen LogP contribution in [0.5, 0.6) is 5.75 Å². The lowest BCUT2D eigenvalue weighted by Gasteiger charge is -2.08. The number of ether oxygens (including phenoxy) is 1. The summed E-state index contributed by atoms with van der Waals surface area (Å²) in [6, 6.07) is 22.1. The summed E-state index contributed by atoms with van der Waals surface area (Å²) < 4.78 is 5.92. The predicted molar refractivity (Wildman–Crippen MR) is 119 cm³/mol. The second-order valence-corrected chi connectivity index (χ2v) is 7.15. The number of fused-ring (bicyclic) bond motifs is 1. The van der Waals surface area contributed by atoms with Crippen molar-refractivity contribution in [2.45, 2.75) is 13.0 Å². The van der Waals surface area contributed by atoms with E-state index in [0.29, 0.717) is 19.6 Å². The Labute approximate surface area is 179 Å². The minimum absolute atomic E-state index is 0.00713. The molecule has 0 aliphatic rings. The van der Waals surface area contributed by atoms with Crippen molar-refractivity contribution in [2.75, 3.05) is 6.54 Å². The molecule has 0 aliphatic carbocycles. The lowest BCUT2D eigenvalue weighted by atomic mass is 10.1. The fourth-order valence-corrected chi connectivity index (χ4v) is 3.47. The lowest BCUT2D eigenvalue weighted by molar-refractivity contribution is 0.0691. The SMILES string of the molecule is O=C(O)c1ccccc1C(=O)NCCc1c[nH]c2ccc(OCc3ccccc3)cc12. The van der Waals surface area contributed by atoms with Gasteiger partial charge < -0.3 is 20.1 Å². The molecule has 0 radical (unpaired) electrons. The van der Waals surface area contributed by atoms with Crippen LogP contribution < -0.4 is 10.1 Å². The van der Waals surface area contributed by atoms with Gasteiger partial charge in [0.1, 0.15) is 12.4 Å². The van der Waals surface area contributed by atoms with Gasteiger partial charge in [0.15, 0.2) is 0 Å². The molecule has 0 spiro atoms. The van der Waals surface area contributed by atoms with Gasteiger partial charge >= 0.3 is 5.97 Å². The number of nitrogens with one attached hydrogen (secondary N) is 2. The number of aromatic amines is 1. The third-order valence-electron chi connectivity index (χ3n) is 5.07. The number of benzene rings is 3. The highest BCUT2D eigenvalue weighted by atomic mass is 16.5. The summed E-state index contributed by atoms with van der Waals surface area (Å²) in [5.74, 6) is -0.744. The van der Waals surface area contributed by atoms with Gasteiger partial charge in [-0.15, -0.1) is 0 Å². The molecule has 6 heteroatoms. The summed E-state index contributed by atoms with van der Waals surface area (Å²) in [5, 5.41) is 13.1. The molecule has 4 aromatic rings. The van der Waals surface area contributed by atoms with E-state index in [1.807, 2.05) is 54.7 Å². The van der Waals surface area contributed by atoms with Crippen molar-refractivity contribution in [2.24, 2.45) is 0 Å². The van der Waals surface area contributed by atoms with Crippen LogP contribution in [0.4, 0.5) is 0 Å². The van der Waals surface area contributed by atoms with Crippen LogP contribution in [0.3, 0.4) is 0 Å². The van der Waals surface area contributed by atoms with Crippen molar-refractivity contribution in [3.05, 3.63) is 101 Å². The number of hydrogen-bond acceptors (Lipinski definition) is 3. The number of rotatable bonds is 8. The number of aromatic nitrogens is 1. The fraction of sp³-hybridized carbons (Fsp3) is 0.120. The van der Waals surface area contributed by atoms with E-state index >= 15 is 0 Å². The quantitative estimate of drug-likeness (QED) is 0.398. The van der Waals surface area contributed by atoms with Crippen LogP contribution >= 0.6 is 0 Å². The highest BCUT2D eigenvalue weighted by Gasteiger charge is 2.15. The lowest BCUT2D eigenvalue weighted by Crippen LogP contribution is -2.27. The molecule has 1 heterocycles. The molecule has 31 heavy (non-hydrogen) atoms. The van der Waals surface area contributed by atoms with Gasteiger partial charge in [0.05, 0.1) is 11.1 Å². The average Bonchev–Trinajstić information content (AvgIpc) is 3.20. The summed E-state index contributed by atoms with van der Waals surface area (Å²) in [6.07, 6.45) is 2.52. The first-order valence-electron chi connectivity index (χ1n) is 9.99. The van der Waals surface area contributed by atoms with Gasteiger partial charge in [-0.2, -0.15) is 0 Å². The smallest absolute Gasteiger partial charge is 0.336 e. The van der Waals surface area contributed by atoms with E-state index in [1.54, 1.807) is 12.1 Å². The number of carbonyl (C=O) groups is 2. The van der Waals surface area contributed by atoms with Crippen molar-refractivity contribution in [1.29, 1.82) is 0 Å². The molecular formula is C25H22N2O4. The normalized spacial score (nSPS) is 10.7. The topological polar surface area (TPSA) is 91.4 Å². The average molecular weight is 414 g/mol. The molecule has 0 unspecified atom stereocenters. The highest BCUT2D eigenvalue weighted by molar-refractivity contribution is 6.04. The molecular weight excluding hydrogens is 392 g/mol. The number of carboxylic acids is 1. The first-order chi connectivity index (χ1) is 15.1. The Morgan fingerprint density at radius 3 is 2.45 bits per heavy atom. The summed E-state index contributed by atoms with van der Waals surface area (Å²) in [6.45, 7) is 0.875. The minimum Gasteiger partial charge on any atom is -0.489 e. The molecule has 3 N–H and O–H groups in total. The Hall–Kier alpha value is -4.06. The Kier molecular flexibility index (Phi) is 5.98. The van der Waals surface area contributed by atoms with Gasteiger partial charge in [0.2, 0.25) is 0 Å². The minimum atomic E-state index is -1.12. The fourth-order valence-electron chi connectivity index (χ4n) is 3.47. The molecule has 0 fully saturated rings. The Bertz CT molecular complexity index is 1210. The molecule has 0 bridgehead atoms. The zero-order valence-corrected chi connectivity index (χ0v) is 16.8. The van der Waals surface area contributed by atoms with E-state index in [-0.39, 0.29) is 11.1 Å². The van der Waals surface area contributed by atoms with E-state index < -0.39 is 11.9 Å². The third-order valence-corrected chi connectivity index (χ3v) is 5.07. The van der Waals surface area contributed by atoms with Gasteiger partial charge in [0.25, 0.3) is 5.91 Å². The van der Waals surface area contributed by atoms with Crippen LogP contribution in [0.25, 0.3) is 10.9 Å². The first-order valence-corrected chi connectivity index (χ1v) is 9.99. The maximum Gasteiger partial charge on any atom is 0.336 e. The van der Waals surface area contributed by atoms with E-state index in [0.717, 1.165) is 27.8 Å². The van der Waals surface area contributed by atoms with Crippen LogP contribution in [0.1, 0.15) is 31.8 Å². The standard InChI is InChI=1S/C25H22N2O4/c28-24(20-8-4-5-9-21(20)25(29)30)26-13-12-18-15-27-23-11-10-19(14-22(18)23)31-16-17-6-2-1-3-7-17/h1-11,14-15,27H,12-13,16H2,(H,26,28)(H,29,30). The zero-order chi connectivity index (χ0) is 21.6. The van der Waals surface area contributed by atoms with Gasteiger partial charge in [-0.05, 0) is 47.9 Å². The second kappa shape index (κ2) is 9.17. The highest BCUT2D eigenvalue weighted by Crippen LogP contribution is 2.24. The maximum atomic E-state index is 12.4. The van der Waals surface area contributed by atoms with Crippen LogP contribution in [0.2, 0.25) is 0 Å². The molecule has 156 valence electrons. The van der Waals surface area contributed by atoms with Gasteiger partial charge in [-0.25, -0.2) is 4.79 Å². The number of amides is 1. The number of carboxylic acid groups (broad SMARTS) is 1. The molecule has 1 amide bonds. The monoisotopic (exact) mass is 414 g/mol. The van der Waals surface area contributed by atoms with E-state index in [4.69, 9.17) is 4.74 Å². The zero-order valence-electron chi connectivity index (χ0n) is 16.8. The summed E-state index contributed by atoms with van der Waals surface area (Å²) in [4.78, 5) is 27.0. The number of H-pyrrole nitrogens is 1. The predicted octanol–water partition coefficient (Wildman–Crippen LogP) is 4.42. The van der Waals surface area contributed by atoms with E-state index in [1.165, 1.54) is 12.1 Å². The molecule has 4 rings (SSSR count). The molecule has 6 nitrogen and oxygen atoms in total. The third kappa shape index (κ3) is 4.75. The molecule has 3 aromatic carbocycles. The van der Waals surface area contributed by atoms with Gasteiger partial charge in [0, 0.05) is 23.6 Å². The Morgan fingerprint density at radius 1 is 0.935 bits per heavy atom. The van der Waals surface area contributed by atoms with Crippen molar-refractivity contribution in [3.8, 4) is 5.75 Å². The first kappa shape index (κ1) is 20.2. The number of hydrogen-bond donors (Lipinski definition) is 3. The number of carbonyl (C=O) groups excluding carboxylic acids is 1. The van der Waals surface area contributed by atoms with E-state index in [9.17, 15) is 14.7 Å². The van der Waals surface area contributed by atoms with Crippen molar-refractivity contribution >= 4 is 22.8 Å². The van der Waals surface area contributed by atoms with Gasteiger partial charge in [-0.3, -0.25) is 4.79 Å². The second-order valence-electron chi connectivity index (χ2n) is 7.15. The summed E-state index contributed by atoms with van der Waals surface area (Å²) in [7, 11) is 0. The van der Waals surface area contributed by atoms with Crippen molar-refractivity contribution in [3.63, 3.8) is 0 Å². The van der Waals surface area contributed by atoms with Crippen molar-refractivity contribution < 1.29 is 19.4 Å². The largest absolute Gasteiger partial charge is 0.489 e. The van der Waals surface area contributed by atoms with Crippen LogP contribution in [0.15, 0.2) is 79.0 Å². The van der Waals surface area contributed by atoms with Gasteiger partial charge in [-0.1, -0.05) is 42.5 Å². The Morgan fingerprint density at radius 2 is 1.68 bits per heavy atom. The molecule has 0 atom stereocenters. The Balaban J connectivity index is 1.41. The van der Waals surface area contributed by atoms with Crippen molar-refractivity contribution in [1.82, 2.24) is 10.3 Å². The van der Waals surface area contributed by atoms with Crippen LogP contribution in [-0.4, -0.2) is 28.5 Å². The molecule has 0 saturated carbocycles. The molecule has 0 saturated heterocycles. The van der Waals surface area contributed by atoms with Crippen LogP contribution in [0, 0.1) is 0 Å². The summed E-state index contributed by atoms with van der Waals surface area (Å²) >= 11 is 0. The maximum absolute atomic E-state index is 12.4. The molecule has 0 aliphatic heterocycles. The number of aromatic carboxylic acids is 1.